The summed E-state index contributed by atoms with van der Waals surface area (Å²) < 4.78 is 22.1. The van der Waals surface area contributed by atoms with Gasteiger partial charge in [-0.25, -0.2) is 8.42 Å². The monoisotopic (exact) mass is 185 g/mol. The van der Waals surface area contributed by atoms with E-state index in [4.69, 9.17) is 15.3 Å². The molecule has 3 N–H and O–H groups in total. The van der Waals surface area contributed by atoms with Crippen LogP contribution in [0.15, 0.2) is 0 Å². The molecular weight excluding hydrogens is 174 g/mol. The topological polar surface area (TPSA) is 98.1 Å². The molecular formula is C4H11NO5S. The van der Waals surface area contributed by atoms with Crippen LogP contribution < -0.4 is 0 Å². The van der Waals surface area contributed by atoms with Gasteiger partial charge in [-0.15, -0.1) is 0 Å². The summed E-state index contributed by atoms with van der Waals surface area (Å²) in [7, 11) is -3.69. The summed E-state index contributed by atoms with van der Waals surface area (Å²) in [4.78, 5) is 0. The first-order valence-corrected chi connectivity index (χ1v) is 4.49. The second kappa shape index (κ2) is 4.62. The minimum absolute atomic E-state index is 0.448. The number of aliphatic hydroxyl groups excluding tert-OH is 3. The zero-order valence-electron chi connectivity index (χ0n) is 5.84. The maximum Gasteiger partial charge on any atom is 0.220 e. The number of nitrogens with zero attached hydrogens (tertiary/aromatic N) is 1. The van der Waals surface area contributed by atoms with Crippen molar-refractivity contribution in [2.75, 3.05) is 25.8 Å². The maximum absolute atomic E-state index is 10.8. The van der Waals surface area contributed by atoms with E-state index in [-0.39, 0.29) is 0 Å². The Morgan fingerprint density at radius 1 is 1.09 bits per heavy atom. The molecule has 0 amide bonds. The first kappa shape index (κ1) is 10.8. The van der Waals surface area contributed by atoms with Gasteiger partial charge < -0.3 is 15.3 Å². The summed E-state index contributed by atoms with van der Waals surface area (Å²) in [5, 5.41) is 25.1. The third kappa shape index (κ3) is 3.12. The van der Waals surface area contributed by atoms with Crippen LogP contribution in [0.25, 0.3) is 0 Å². The predicted octanol–water partition coefficient (Wildman–Crippen LogP) is -2.49. The first-order valence-electron chi connectivity index (χ1n) is 2.89. The average Bonchev–Trinajstić information content (AvgIpc) is 1.89. The van der Waals surface area contributed by atoms with E-state index in [0.717, 1.165) is 0 Å². The third-order valence-corrected chi connectivity index (χ3v) is 2.77. The molecule has 11 heavy (non-hydrogen) atoms. The van der Waals surface area contributed by atoms with Crippen LogP contribution >= 0.6 is 0 Å². The van der Waals surface area contributed by atoms with Gasteiger partial charge in [0.25, 0.3) is 0 Å². The lowest BCUT2D eigenvalue weighted by molar-refractivity contribution is 0.0961. The Kier molecular flexibility index (Phi) is 4.54. The van der Waals surface area contributed by atoms with Crippen LogP contribution in [-0.2, 0) is 10.0 Å². The molecule has 0 aromatic rings. The van der Waals surface area contributed by atoms with Crippen molar-refractivity contribution < 1.29 is 23.7 Å². The minimum atomic E-state index is -3.69. The molecule has 6 nitrogen and oxygen atoms in total. The van der Waals surface area contributed by atoms with Crippen LogP contribution in [0.4, 0.5) is 0 Å². The van der Waals surface area contributed by atoms with E-state index in [1.165, 1.54) is 0 Å². The molecule has 0 bridgehead atoms. The van der Waals surface area contributed by atoms with Crippen LogP contribution in [0, 0.1) is 0 Å². The van der Waals surface area contributed by atoms with Crippen LogP contribution in [0.3, 0.4) is 0 Å². The zero-order valence-corrected chi connectivity index (χ0v) is 6.66. The van der Waals surface area contributed by atoms with Crippen molar-refractivity contribution in [2.24, 2.45) is 0 Å². The Bertz CT molecular complexity index is 185. The van der Waals surface area contributed by atoms with E-state index in [1.54, 1.807) is 0 Å². The van der Waals surface area contributed by atoms with Gasteiger partial charge in [-0.05, 0) is 0 Å². The lowest BCUT2D eigenvalue weighted by Crippen LogP contribution is -2.35. The number of sulfonamides is 1. The molecule has 0 aliphatic rings. The predicted molar refractivity (Wildman–Crippen MR) is 36.9 cm³/mol. The molecule has 0 heterocycles. The Balaban J connectivity index is 4.26. The summed E-state index contributed by atoms with van der Waals surface area (Å²) in [5.74, 6) is -0.492. The molecule has 0 unspecified atom stereocenters. The Hall–Kier alpha value is -0.210. The third-order valence-electron chi connectivity index (χ3n) is 1.06. The molecule has 68 valence electrons. The van der Waals surface area contributed by atoms with Gasteiger partial charge in [0.1, 0.15) is 13.5 Å². The molecule has 0 saturated heterocycles. The van der Waals surface area contributed by atoms with E-state index in [2.05, 4.69) is 0 Å². The smallest absolute Gasteiger partial charge is 0.220 e. The fraction of sp³-hybridized carbons (Fsp3) is 1.00. The SMILES string of the molecule is O=S(=O)(CCO)N(CO)CO. The molecule has 0 aromatic carbocycles. The molecule has 0 aliphatic heterocycles. The van der Waals surface area contributed by atoms with Gasteiger partial charge in [0.2, 0.25) is 10.0 Å². The standard InChI is InChI=1S/C4H11NO5S/c6-1-2-11(9,10)5(3-7)4-8/h6-8H,1-4H2. The molecule has 7 heteroatoms. The van der Waals surface area contributed by atoms with Crippen molar-refractivity contribution in [3.63, 3.8) is 0 Å². The fourth-order valence-corrected chi connectivity index (χ4v) is 1.31. The Morgan fingerprint density at radius 3 is 1.82 bits per heavy atom. The van der Waals surface area contributed by atoms with E-state index < -0.39 is 35.8 Å². The average molecular weight is 185 g/mol. The highest BCUT2D eigenvalue weighted by Crippen LogP contribution is 1.97. The maximum atomic E-state index is 10.8. The van der Waals surface area contributed by atoms with Crippen molar-refractivity contribution in [3.05, 3.63) is 0 Å². The van der Waals surface area contributed by atoms with Crippen LogP contribution in [0.2, 0.25) is 0 Å². The highest BCUT2D eigenvalue weighted by Gasteiger charge is 2.18. The van der Waals surface area contributed by atoms with E-state index >= 15 is 0 Å². The van der Waals surface area contributed by atoms with Gasteiger partial charge in [-0.3, -0.25) is 0 Å². The van der Waals surface area contributed by atoms with Crippen molar-refractivity contribution in [3.8, 4) is 0 Å². The lowest BCUT2D eigenvalue weighted by Gasteiger charge is -2.15. The first-order chi connectivity index (χ1) is 5.08. The highest BCUT2D eigenvalue weighted by molar-refractivity contribution is 7.89. The molecule has 0 atom stereocenters. The second-order valence-corrected chi connectivity index (χ2v) is 3.86. The summed E-state index contributed by atoms with van der Waals surface area (Å²) in [5.41, 5.74) is 0. The Morgan fingerprint density at radius 2 is 1.55 bits per heavy atom. The molecule has 0 spiro atoms. The largest absolute Gasteiger partial charge is 0.395 e. The van der Waals surface area contributed by atoms with Gasteiger partial charge in [0.05, 0.1) is 12.4 Å². The second-order valence-electron chi connectivity index (χ2n) is 1.77. The van der Waals surface area contributed by atoms with Crippen LogP contribution in [0.5, 0.6) is 0 Å². The quantitative estimate of drug-likeness (QED) is 0.412. The molecule has 0 aromatic heterocycles. The van der Waals surface area contributed by atoms with E-state index in [0.29, 0.717) is 4.31 Å². The highest BCUT2D eigenvalue weighted by atomic mass is 32.2. The summed E-state index contributed by atoms with van der Waals surface area (Å²) >= 11 is 0. The number of hydrogen-bond donors (Lipinski definition) is 3. The van der Waals surface area contributed by atoms with Crippen LogP contribution in [-0.4, -0.2) is 53.9 Å². The minimum Gasteiger partial charge on any atom is -0.395 e. The van der Waals surface area contributed by atoms with Gasteiger partial charge in [-0.2, -0.15) is 4.31 Å². The van der Waals surface area contributed by atoms with Gasteiger partial charge in [-0.1, -0.05) is 0 Å². The summed E-state index contributed by atoms with van der Waals surface area (Å²) in [6.07, 6.45) is 0. The normalized spacial score (nSPS) is 12.4. The van der Waals surface area contributed by atoms with Crippen molar-refractivity contribution in [1.29, 1.82) is 0 Å². The summed E-state index contributed by atoms with van der Waals surface area (Å²) in [6, 6.07) is 0. The number of rotatable bonds is 5. The van der Waals surface area contributed by atoms with Gasteiger partial charge in [0, 0.05) is 0 Å². The van der Waals surface area contributed by atoms with Crippen molar-refractivity contribution >= 4 is 10.0 Å². The molecule has 0 aliphatic carbocycles. The molecule has 0 rings (SSSR count). The van der Waals surface area contributed by atoms with Crippen molar-refractivity contribution in [2.45, 2.75) is 0 Å². The summed E-state index contributed by atoms with van der Waals surface area (Å²) in [6.45, 7) is -2.09. The fourth-order valence-electron chi connectivity index (χ4n) is 0.465. The van der Waals surface area contributed by atoms with E-state index in [9.17, 15) is 8.42 Å². The Labute approximate surface area is 64.7 Å². The molecule has 0 fully saturated rings. The van der Waals surface area contributed by atoms with Crippen LogP contribution in [0.1, 0.15) is 0 Å². The molecule has 0 saturated carbocycles. The zero-order chi connectivity index (χ0) is 8.91. The van der Waals surface area contributed by atoms with Gasteiger partial charge >= 0.3 is 0 Å². The number of hydrogen-bond acceptors (Lipinski definition) is 5. The van der Waals surface area contributed by atoms with E-state index in [1.807, 2.05) is 0 Å². The van der Waals surface area contributed by atoms with Crippen molar-refractivity contribution in [1.82, 2.24) is 4.31 Å². The number of aliphatic hydroxyl groups is 3. The lowest BCUT2D eigenvalue weighted by atomic mass is 10.9. The van der Waals surface area contributed by atoms with Gasteiger partial charge in [0.15, 0.2) is 0 Å². The molecule has 0 radical (unpaired) electrons.